The third-order valence-electron chi connectivity index (χ3n) is 4.40. The molecule has 29 heavy (non-hydrogen) atoms. The number of aromatic nitrogens is 4. The van der Waals surface area contributed by atoms with Crippen LogP contribution in [0.5, 0.6) is 11.5 Å². The van der Waals surface area contributed by atoms with Gasteiger partial charge < -0.3 is 19.4 Å². The van der Waals surface area contributed by atoms with Crippen LogP contribution in [0.4, 0.5) is 8.78 Å². The highest BCUT2D eigenvalue weighted by atomic mass is 19.1. The van der Waals surface area contributed by atoms with E-state index in [0.29, 0.717) is 45.3 Å². The van der Waals surface area contributed by atoms with Crippen molar-refractivity contribution >= 4 is 10.9 Å². The fourth-order valence-electron chi connectivity index (χ4n) is 3.07. The number of ether oxygens (including phenoxy) is 2. The van der Waals surface area contributed by atoms with Gasteiger partial charge in [-0.3, -0.25) is 4.79 Å². The second kappa shape index (κ2) is 7.34. The molecule has 0 unspecified atom stereocenters. The van der Waals surface area contributed by atoms with E-state index in [0.717, 1.165) is 6.07 Å². The Labute approximate surface area is 163 Å². The summed E-state index contributed by atoms with van der Waals surface area (Å²) in [4.78, 5) is 26.8. The van der Waals surface area contributed by atoms with Gasteiger partial charge in [-0.25, -0.2) is 18.7 Å². The van der Waals surface area contributed by atoms with E-state index >= 15 is 0 Å². The van der Waals surface area contributed by atoms with Crippen LogP contribution in [0, 0.1) is 11.6 Å². The molecular formula is C20H16F2N4O3. The van der Waals surface area contributed by atoms with Crippen LogP contribution in [0.3, 0.4) is 0 Å². The van der Waals surface area contributed by atoms with Crippen LogP contribution in [0.15, 0.2) is 41.3 Å². The van der Waals surface area contributed by atoms with Crippen LogP contribution in [-0.4, -0.2) is 34.2 Å². The third kappa shape index (κ3) is 3.66. The summed E-state index contributed by atoms with van der Waals surface area (Å²) in [7, 11) is 2.98. The van der Waals surface area contributed by atoms with Crippen molar-refractivity contribution in [2.24, 2.45) is 0 Å². The van der Waals surface area contributed by atoms with Crippen molar-refractivity contribution in [3.63, 3.8) is 0 Å². The number of rotatable bonds is 5. The van der Waals surface area contributed by atoms with Gasteiger partial charge >= 0.3 is 0 Å². The van der Waals surface area contributed by atoms with Crippen molar-refractivity contribution in [2.45, 2.75) is 6.42 Å². The number of fused-ring (bicyclic) bond motifs is 1. The highest BCUT2D eigenvalue weighted by Crippen LogP contribution is 2.30. The zero-order valence-corrected chi connectivity index (χ0v) is 15.5. The number of methoxy groups -OCH3 is 2. The maximum absolute atomic E-state index is 13.4. The van der Waals surface area contributed by atoms with E-state index in [1.165, 1.54) is 32.5 Å². The van der Waals surface area contributed by atoms with Gasteiger partial charge in [-0.2, -0.15) is 0 Å². The second-order valence-corrected chi connectivity index (χ2v) is 6.32. The van der Waals surface area contributed by atoms with Gasteiger partial charge in [0, 0.05) is 17.7 Å². The van der Waals surface area contributed by atoms with E-state index in [9.17, 15) is 13.6 Å². The summed E-state index contributed by atoms with van der Waals surface area (Å²) in [6, 6.07) is 6.39. The summed E-state index contributed by atoms with van der Waals surface area (Å²) in [6.07, 6.45) is 1.66. The van der Waals surface area contributed by atoms with Crippen molar-refractivity contribution in [3.8, 4) is 22.8 Å². The van der Waals surface area contributed by atoms with Crippen LogP contribution < -0.4 is 15.0 Å². The minimum absolute atomic E-state index is 0.192. The van der Waals surface area contributed by atoms with Crippen molar-refractivity contribution in [1.29, 1.82) is 0 Å². The monoisotopic (exact) mass is 398 g/mol. The molecule has 2 N–H and O–H groups in total. The largest absolute Gasteiger partial charge is 0.493 e. The summed E-state index contributed by atoms with van der Waals surface area (Å²) in [5.74, 6) is 0.381. The first-order valence-corrected chi connectivity index (χ1v) is 8.62. The van der Waals surface area contributed by atoms with Gasteiger partial charge in [-0.15, -0.1) is 0 Å². The fraction of sp³-hybridized carbons (Fsp3) is 0.150. The van der Waals surface area contributed by atoms with Crippen molar-refractivity contribution in [3.05, 3.63) is 70.2 Å². The van der Waals surface area contributed by atoms with E-state index in [4.69, 9.17) is 9.47 Å². The number of halogens is 2. The molecule has 0 fully saturated rings. The topological polar surface area (TPSA) is 92.9 Å². The van der Waals surface area contributed by atoms with Crippen LogP contribution >= 0.6 is 0 Å². The SMILES string of the molecule is COc1cc2nc(Cc3ncc(-c4cc(F)cc(F)c4)[nH]3)[nH]c(=O)c2cc1OC. The molecule has 0 amide bonds. The molecule has 2 aromatic heterocycles. The highest BCUT2D eigenvalue weighted by Gasteiger charge is 2.13. The molecule has 0 aliphatic heterocycles. The van der Waals surface area contributed by atoms with E-state index in [-0.39, 0.29) is 12.0 Å². The Balaban J connectivity index is 1.68. The molecule has 0 saturated carbocycles. The first kappa shape index (κ1) is 18.6. The molecule has 4 rings (SSSR count). The molecule has 0 bridgehead atoms. The first-order valence-electron chi connectivity index (χ1n) is 8.62. The molecule has 0 saturated heterocycles. The van der Waals surface area contributed by atoms with Crippen molar-refractivity contribution < 1.29 is 18.3 Å². The Bertz CT molecular complexity index is 1250. The molecule has 0 aliphatic rings. The Morgan fingerprint density at radius 1 is 0.931 bits per heavy atom. The maximum atomic E-state index is 13.4. The quantitative estimate of drug-likeness (QED) is 0.539. The lowest BCUT2D eigenvalue weighted by Gasteiger charge is -2.09. The second-order valence-electron chi connectivity index (χ2n) is 6.32. The molecule has 148 valence electrons. The van der Waals surface area contributed by atoms with Crippen molar-refractivity contribution in [1.82, 2.24) is 19.9 Å². The number of hydrogen-bond acceptors (Lipinski definition) is 5. The Morgan fingerprint density at radius 2 is 1.62 bits per heavy atom. The van der Waals surface area contributed by atoms with E-state index in [1.54, 1.807) is 12.1 Å². The highest BCUT2D eigenvalue weighted by molar-refractivity contribution is 5.81. The van der Waals surface area contributed by atoms with Crippen molar-refractivity contribution in [2.75, 3.05) is 14.2 Å². The molecule has 0 radical (unpaired) electrons. The molecule has 2 heterocycles. The standard InChI is InChI=1S/C20H16F2N4O3/c1-28-16-6-13-14(7-17(16)29-2)24-19(26-20(13)27)8-18-23-9-15(25-18)10-3-11(21)5-12(22)4-10/h3-7,9H,8H2,1-2H3,(H,23,25)(H,24,26,27). The molecule has 0 spiro atoms. The van der Waals surface area contributed by atoms with E-state index < -0.39 is 11.6 Å². The predicted octanol–water partition coefficient (Wildman–Crippen LogP) is 3.20. The molecule has 9 heteroatoms. The molecule has 4 aromatic rings. The van der Waals surface area contributed by atoms with Crippen LogP contribution in [-0.2, 0) is 6.42 Å². The van der Waals surface area contributed by atoms with Crippen LogP contribution in [0.25, 0.3) is 22.2 Å². The fourth-order valence-corrected chi connectivity index (χ4v) is 3.07. The summed E-state index contributed by atoms with van der Waals surface area (Å²) >= 11 is 0. The minimum Gasteiger partial charge on any atom is -0.493 e. The predicted molar refractivity (Wildman–Crippen MR) is 102 cm³/mol. The number of hydrogen-bond donors (Lipinski definition) is 2. The number of H-pyrrole nitrogens is 2. The molecule has 0 atom stereocenters. The minimum atomic E-state index is -0.680. The number of imidazole rings is 1. The van der Waals surface area contributed by atoms with E-state index in [2.05, 4.69) is 19.9 Å². The van der Waals surface area contributed by atoms with Gasteiger partial charge in [0.15, 0.2) is 11.5 Å². The lowest BCUT2D eigenvalue weighted by atomic mass is 10.1. The van der Waals surface area contributed by atoms with Crippen LogP contribution in [0.2, 0.25) is 0 Å². The zero-order chi connectivity index (χ0) is 20.5. The van der Waals surface area contributed by atoms with Gasteiger partial charge in [0.05, 0.1) is 43.4 Å². The summed E-state index contributed by atoms with van der Waals surface area (Å²) in [6.45, 7) is 0. The molecule has 0 aliphatic carbocycles. The number of benzene rings is 2. The Morgan fingerprint density at radius 3 is 2.31 bits per heavy atom. The first-order chi connectivity index (χ1) is 14.0. The lowest BCUT2D eigenvalue weighted by molar-refractivity contribution is 0.355. The molecule has 7 nitrogen and oxygen atoms in total. The average Bonchev–Trinajstić information content (AvgIpc) is 3.15. The zero-order valence-electron chi connectivity index (χ0n) is 15.5. The van der Waals surface area contributed by atoms with Crippen LogP contribution in [0.1, 0.15) is 11.6 Å². The number of aromatic amines is 2. The smallest absolute Gasteiger partial charge is 0.258 e. The number of nitrogens with one attached hydrogen (secondary N) is 2. The number of nitrogens with zero attached hydrogens (tertiary/aromatic N) is 2. The summed E-state index contributed by atoms with van der Waals surface area (Å²) in [5, 5.41) is 0.363. The Hall–Kier alpha value is -3.75. The summed E-state index contributed by atoms with van der Waals surface area (Å²) < 4.78 is 37.3. The molecule has 2 aromatic carbocycles. The average molecular weight is 398 g/mol. The normalized spacial score (nSPS) is 11.0. The maximum Gasteiger partial charge on any atom is 0.258 e. The molecular weight excluding hydrogens is 382 g/mol. The lowest BCUT2D eigenvalue weighted by Crippen LogP contribution is -2.13. The third-order valence-corrected chi connectivity index (χ3v) is 4.40. The Kier molecular flexibility index (Phi) is 4.71. The van der Waals surface area contributed by atoms with E-state index in [1.807, 2.05) is 0 Å². The summed E-state index contributed by atoms with van der Waals surface area (Å²) in [5.41, 5.74) is 0.899. The van der Waals surface area contributed by atoms with Gasteiger partial charge in [0.1, 0.15) is 23.3 Å². The van der Waals surface area contributed by atoms with Gasteiger partial charge in [0.2, 0.25) is 0 Å². The van der Waals surface area contributed by atoms with Gasteiger partial charge in [0.25, 0.3) is 5.56 Å². The van der Waals surface area contributed by atoms with Gasteiger partial charge in [-0.05, 0) is 18.2 Å². The van der Waals surface area contributed by atoms with Gasteiger partial charge in [-0.1, -0.05) is 0 Å².